The fourth-order valence-corrected chi connectivity index (χ4v) is 3.62. The molecule has 0 aliphatic rings. The molecule has 1 aromatic rings. The zero-order chi connectivity index (χ0) is 13.8. The fraction of sp³-hybridized carbons (Fsp3) is 0.571. The summed E-state index contributed by atoms with van der Waals surface area (Å²) in [6.45, 7) is 4.08. The zero-order valence-corrected chi connectivity index (χ0v) is 12.1. The summed E-state index contributed by atoms with van der Waals surface area (Å²) in [4.78, 5) is 0. The minimum atomic E-state index is -2.99. The maximum atomic E-state index is 11.4. The molecule has 0 bridgehead atoms. The second-order valence-corrected chi connectivity index (χ2v) is 7.62. The Kier molecular flexibility index (Phi) is 4.93. The quantitative estimate of drug-likeness (QED) is 0.859. The van der Waals surface area contributed by atoms with Crippen LogP contribution in [0.25, 0.3) is 0 Å². The molecular formula is C14H22O3S. The number of hydrogen-bond donors (Lipinski definition) is 1. The minimum Gasteiger partial charge on any atom is -0.396 e. The predicted molar refractivity (Wildman–Crippen MR) is 74.6 cm³/mol. The van der Waals surface area contributed by atoms with Crippen LogP contribution in [0.1, 0.15) is 31.4 Å². The van der Waals surface area contributed by atoms with Crippen molar-refractivity contribution in [3.63, 3.8) is 0 Å². The topological polar surface area (TPSA) is 54.4 Å². The lowest BCUT2D eigenvalue weighted by Gasteiger charge is -2.24. The molecule has 0 spiro atoms. The standard InChI is InChI=1S/C14H22O3S/c1-14(2,11-18(3,16)17)13-8-6-12(7-9-13)5-4-10-15/h6-9,15H,4-5,10-11H2,1-3H3. The number of rotatable bonds is 6. The predicted octanol–water partition coefficient (Wildman–Crippen LogP) is 1.93. The molecule has 3 nitrogen and oxygen atoms in total. The highest BCUT2D eigenvalue weighted by Crippen LogP contribution is 2.25. The monoisotopic (exact) mass is 270 g/mol. The van der Waals surface area contributed by atoms with Crippen molar-refractivity contribution in [3.05, 3.63) is 35.4 Å². The van der Waals surface area contributed by atoms with Crippen LogP contribution >= 0.6 is 0 Å². The molecule has 0 aliphatic carbocycles. The Balaban J connectivity index is 2.83. The Hall–Kier alpha value is -0.870. The normalized spacial score (nSPS) is 12.7. The maximum absolute atomic E-state index is 11.4. The van der Waals surface area contributed by atoms with Crippen molar-refractivity contribution in [1.29, 1.82) is 0 Å². The van der Waals surface area contributed by atoms with Gasteiger partial charge in [-0.2, -0.15) is 0 Å². The van der Waals surface area contributed by atoms with Gasteiger partial charge in [0, 0.05) is 18.3 Å². The Morgan fingerprint density at radius 2 is 1.72 bits per heavy atom. The summed E-state index contributed by atoms with van der Waals surface area (Å²) in [6.07, 6.45) is 2.87. The molecule has 0 radical (unpaired) electrons. The summed E-state index contributed by atoms with van der Waals surface area (Å²) in [5.41, 5.74) is 1.83. The summed E-state index contributed by atoms with van der Waals surface area (Å²) in [5, 5.41) is 8.77. The van der Waals surface area contributed by atoms with Crippen LogP contribution in [0.15, 0.2) is 24.3 Å². The average molecular weight is 270 g/mol. The summed E-state index contributed by atoms with van der Waals surface area (Å²) in [7, 11) is -2.99. The van der Waals surface area contributed by atoms with E-state index in [1.165, 1.54) is 11.8 Å². The first-order valence-corrected chi connectivity index (χ1v) is 8.19. The number of aliphatic hydroxyl groups is 1. The SMILES string of the molecule is CC(C)(CS(C)(=O)=O)c1ccc(CCCO)cc1. The Morgan fingerprint density at radius 3 is 2.17 bits per heavy atom. The first-order chi connectivity index (χ1) is 8.24. The van der Waals surface area contributed by atoms with E-state index in [4.69, 9.17) is 5.11 Å². The Bertz CT molecular complexity index is 472. The number of aliphatic hydroxyl groups excluding tert-OH is 1. The third-order valence-electron chi connectivity index (χ3n) is 2.98. The molecule has 1 N–H and O–H groups in total. The molecule has 4 heteroatoms. The van der Waals surface area contributed by atoms with E-state index in [0.717, 1.165) is 18.4 Å². The third kappa shape index (κ3) is 4.78. The van der Waals surface area contributed by atoms with Gasteiger partial charge >= 0.3 is 0 Å². The molecule has 0 fully saturated rings. The van der Waals surface area contributed by atoms with Gasteiger partial charge in [0.05, 0.1) is 5.75 Å². The number of hydrogen-bond acceptors (Lipinski definition) is 3. The molecule has 0 atom stereocenters. The van der Waals surface area contributed by atoms with Crippen molar-refractivity contribution in [2.24, 2.45) is 0 Å². The largest absolute Gasteiger partial charge is 0.396 e. The van der Waals surface area contributed by atoms with E-state index in [2.05, 4.69) is 0 Å². The molecule has 0 aliphatic heterocycles. The molecule has 1 rings (SSSR count). The second kappa shape index (κ2) is 5.85. The summed E-state index contributed by atoms with van der Waals surface area (Å²) in [5.74, 6) is 0.149. The van der Waals surface area contributed by atoms with E-state index in [0.29, 0.717) is 0 Å². The van der Waals surface area contributed by atoms with Crippen LogP contribution in [0.3, 0.4) is 0 Å². The average Bonchev–Trinajstić information content (AvgIpc) is 2.23. The lowest BCUT2D eigenvalue weighted by Crippen LogP contribution is -2.27. The highest BCUT2D eigenvalue weighted by atomic mass is 32.2. The van der Waals surface area contributed by atoms with Crippen molar-refractivity contribution >= 4 is 9.84 Å². The van der Waals surface area contributed by atoms with Crippen LogP contribution in [0.2, 0.25) is 0 Å². The van der Waals surface area contributed by atoms with Gasteiger partial charge in [0.15, 0.2) is 0 Å². The van der Waals surface area contributed by atoms with E-state index in [1.54, 1.807) is 0 Å². The molecule has 102 valence electrons. The van der Waals surface area contributed by atoms with E-state index in [-0.39, 0.29) is 17.8 Å². The van der Waals surface area contributed by atoms with Gasteiger partial charge in [0.25, 0.3) is 0 Å². The fourth-order valence-electron chi connectivity index (χ4n) is 2.14. The molecule has 0 unspecified atom stereocenters. The molecular weight excluding hydrogens is 248 g/mol. The highest BCUT2D eigenvalue weighted by Gasteiger charge is 2.25. The van der Waals surface area contributed by atoms with Gasteiger partial charge in [-0.25, -0.2) is 8.42 Å². The smallest absolute Gasteiger partial charge is 0.148 e. The lowest BCUT2D eigenvalue weighted by atomic mass is 9.86. The molecule has 1 aromatic carbocycles. The third-order valence-corrected chi connectivity index (χ3v) is 4.23. The van der Waals surface area contributed by atoms with Crippen molar-refractivity contribution in [2.75, 3.05) is 18.6 Å². The summed E-state index contributed by atoms with van der Waals surface area (Å²) >= 11 is 0. The maximum Gasteiger partial charge on any atom is 0.148 e. The van der Waals surface area contributed by atoms with Gasteiger partial charge in [0.1, 0.15) is 9.84 Å². The van der Waals surface area contributed by atoms with Crippen LogP contribution in [0, 0.1) is 0 Å². The number of aryl methyl sites for hydroxylation is 1. The number of benzene rings is 1. The number of sulfone groups is 1. The zero-order valence-electron chi connectivity index (χ0n) is 11.3. The second-order valence-electron chi connectivity index (χ2n) is 5.48. The van der Waals surface area contributed by atoms with Crippen LogP contribution in [-0.2, 0) is 21.7 Å². The summed E-state index contributed by atoms with van der Waals surface area (Å²) < 4.78 is 22.8. The summed E-state index contributed by atoms with van der Waals surface area (Å²) in [6, 6.07) is 7.99. The van der Waals surface area contributed by atoms with Gasteiger partial charge in [-0.15, -0.1) is 0 Å². The first-order valence-electron chi connectivity index (χ1n) is 6.12. The van der Waals surface area contributed by atoms with Crippen molar-refractivity contribution < 1.29 is 13.5 Å². The molecule has 0 heterocycles. The van der Waals surface area contributed by atoms with Crippen LogP contribution in [0.4, 0.5) is 0 Å². The van der Waals surface area contributed by atoms with E-state index in [9.17, 15) is 8.42 Å². The first kappa shape index (κ1) is 15.2. The van der Waals surface area contributed by atoms with Crippen LogP contribution < -0.4 is 0 Å². The molecule has 0 saturated carbocycles. The van der Waals surface area contributed by atoms with Gasteiger partial charge in [-0.05, 0) is 24.0 Å². The van der Waals surface area contributed by atoms with Gasteiger partial charge < -0.3 is 5.11 Å². The van der Waals surface area contributed by atoms with Gasteiger partial charge in [-0.1, -0.05) is 38.1 Å². The Morgan fingerprint density at radius 1 is 1.17 bits per heavy atom. The van der Waals surface area contributed by atoms with Crippen LogP contribution in [-0.4, -0.2) is 32.1 Å². The molecule has 0 saturated heterocycles. The molecule has 0 amide bonds. The minimum absolute atomic E-state index is 0.149. The lowest BCUT2D eigenvalue weighted by molar-refractivity contribution is 0.288. The van der Waals surface area contributed by atoms with Gasteiger partial charge in [0.2, 0.25) is 0 Å². The Labute approximate surface area is 110 Å². The van der Waals surface area contributed by atoms with Crippen LogP contribution in [0.5, 0.6) is 0 Å². The van der Waals surface area contributed by atoms with E-state index in [1.807, 2.05) is 38.1 Å². The molecule has 0 aromatic heterocycles. The van der Waals surface area contributed by atoms with Gasteiger partial charge in [-0.3, -0.25) is 0 Å². The van der Waals surface area contributed by atoms with Crippen molar-refractivity contribution in [3.8, 4) is 0 Å². The molecule has 18 heavy (non-hydrogen) atoms. The highest BCUT2D eigenvalue weighted by molar-refractivity contribution is 7.90. The van der Waals surface area contributed by atoms with Crippen molar-refractivity contribution in [1.82, 2.24) is 0 Å². The van der Waals surface area contributed by atoms with Crippen molar-refractivity contribution in [2.45, 2.75) is 32.1 Å². The van der Waals surface area contributed by atoms with E-state index >= 15 is 0 Å². The van der Waals surface area contributed by atoms with E-state index < -0.39 is 9.84 Å².